The third kappa shape index (κ3) is 3.74. The standard InChI is InChI=1S/C23H18Cl2N4O/c1-13-8-15(11-26-10-13)21-20(17-9-16(24)12-28-22(17)25)19(14(2)23(29-21)30-3)18-6-4-5-7-27-18/h4-12H,1-3H3. The Kier molecular flexibility index (Phi) is 5.66. The number of nitrogens with zero attached hydrogens (tertiary/aromatic N) is 4. The largest absolute Gasteiger partial charge is 0.481 e. The highest BCUT2D eigenvalue weighted by atomic mass is 35.5. The number of pyridine rings is 4. The number of rotatable bonds is 4. The number of hydrogen-bond acceptors (Lipinski definition) is 5. The first-order valence-electron chi connectivity index (χ1n) is 9.23. The molecule has 0 radical (unpaired) electrons. The first-order valence-corrected chi connectivity index (χ1v) is 9.98. The van der Waals surface area contributed by atoms with Gasteiger partial charge in [-0.05, 0) is 43.7 Å². The maximum absolute atomic E-state index is 6.54. The molecule has 4 aromatic heterocycles. The van der Waals surface area contributed by atoms with E-state index in [1.54, 1.807) is 31.8 Å². The van der Waals surface area contributed by atoms with Crippen molar-refractivity contribution in [1.82, 2.24) is 19.9 Å². The van der Waals surface area contributed by atoms with Gasteiger partial charge >= 0.3 is 0 Å². The van der Waals surface area contributed by atoms with Gasteiger partial charge in [-0.3, -0.25) is 9.97 Å². The van der Waals surface area contributed by atoms with Crippen LogP contribution in [0.25, 0.3) is 33.6 Å². The molecule has 4 heterocycles. The number of ether oxygens (including phenoxy) is 1. The molecule has 4 rings (SSSR count). The van der Waals surface area contributed by atoms with Crippen LogP contribution in [0.2, 0.25) is 10.2 Å². The van der Waals surface area contributed by atoms with E-state index in [2.05, 4.69) is 15.0 Å². The lowest BCUT2D eigenvalue weighted by Gasteiger charge is -2.20. The molecular formula is C23H18Cl2N4O. The summed E-state index contributed by atoms with van der Waals surface area (Å²) in [6, 6.07) is 9.55. The van der Waals surface area contributed by atoms with Crippen molar-refractivity contribution in [2.45, 2.75) is 13.8 Å². The van der Waals surface area contributed by atoms with E-state index in [1.807, 2.05) is 38.1 Å². The Bertz CT molecular complexity index is 1230. The van der Waals surface area contributed by atoms with Gasteiger partial charge in [-0.1, -0.05) is 29.3 Å². The van der Waals surface area contributed by atoms with Crippen LogP contribution in [0.4, 0.5) is 0 Å². The van der Waals surface area contributed by atoms with Crippen LogP contribution in [0.3, 0.4) is 0 Å². The van der Waals surface area contributed by atoms with Gasteiger partial charge in [-0.15, -0.1) is 0 Å². The van der Waals surface area contributed by atoms with Crippen molar-refractivity contribution in [3.8, 4) is 39.5 Å². The quantitative estimate of drug-likeness (QED) is 0.356. The van der Waals surface area contributed by atoms with E-state index in [4.69, 9.17) is 32.9 Å². The third-order valence-corrected chi connectivity index (χ3v) is 5.24. The molecule has 0 fully saturated rings. The van der Waals surface area contributed by atoms with Crippen molar-refractivity contribution in [3.05, 3.63) is 76.4 Å². The van der Waals surface area contributed by atoms with Gasteiger partial charge in [0.05, 0.1) is 23.5 Å². The fraction of sp³-hybridized carbons (Fsp3) is 0.130. The second kappa shape index (κ2) is 8.38. The van der Waals surface area contributed by atoms with E-state index >= 15 is 0 Å². The van der Waals surface area contributed by atoms with Gasteiger partial charge in [0, 0.05) is 52.6 Å². The summed E-state index contributed by atoms with van der Waals surface area (Å²) in [6.45, 7) is 3.93. The molecule has 0 aliphatic carbocycles. The molecule has 7 heteroatoms. The first kappa shape index (κ1) is 20.3. The summed E-state index contributed by atoms with van der Waals surface area (Å²) >= 11 is 12.8. The summed E-state index contributed by atoms with van der Waals surface area (Å²) in [5, 5.41) is 0.799. The van der Waals surface area contributed by atoms with Crippen molar-refractivity contribution in [1.29, 1.82) is 0 Å². The molecule has 0 amide bonds. The monoisotopic (exact) mass is 436 g/mol. The van der Waals surface area contributed by atoms with Crippen LogP contribution in [0.15, 0.2) is 55.1 Å². The van der Waals surface area contributed by atoms with Crippen LogP contribution in [-0.4, -0.2) is 27.0 Å². The fourth-order valence-corrected chi connectivity index (χ4v) is 3.79. The highest BCUT2D eigenvalue weighted by molar-refractivity contribution is 6.34. The molecule has 0 aromatic carbocycles. The van der Waals surface area contributed by atoms with Crippen LogP contribution in [0.5, 0.6) is 5.88 Å². The van der Waals surface area contributed by atoms with Gasteiger partial charge in [0.25, 0.3) is 0 Å². The summed E-state index contributed by atoms with van der Waals surface area (Å²) in [7, 11) is 1.60. The molecule has 0 bridgehead atoms. The Morgan fingerprint density at radius 2 is 1.77 bits per heavy atom. The van der Waals surface area contributed by atoms with Crippen molar-refractivity contribution in [2.75, 3.05) is 7.11 Å². The molecule has 0 N–H and O–H groups in total. The predicted octanol–water partition coefficient (Wildman–Crippen LogP) is 6.20. The molecular weight excluding hydrogens is 419 g/mol. The van der Waals surface area contributed by atoms with E-state index < -0.39 is 0 Å². The first-order chi connectivity index (χ1) is 14.5. The molecule has 0 saturated carbocycles. The van der Waals surface area contributed by atoms with Gasteiger partial charge in [-0.25, -0.2) is 9.97 Å². The van der Waals surface area contributed by atoms with Crippen LogP contribution in [-0.2, 0) is 0 Å². The van der Waals surface area contributed by atoms with E-state index in [1.165, 1.54) is 6.20 Å². The van der Waals surface area contributed by atoms with Gasteiger partial charge in [0.1, 0.15) is 5.15 Å². The number of methoxy groups -OCH3 is 1. The van der Waals surface area contributed by atoms with Crippen molar-refractivity contribution in [3.63, 3.8) is 0 Å². The zero-order chi connectivity index (χ0) is 21.3. The maximum Gasteiger partial charge on any atom is 0.217 e. The summed E-state index contributed by atoms with van der Waals surface area (Å²) < 4.78 is 5.61. The summed E-state index contributed by atoms with van der Waals surface area (Å²) in [6.07, 6.45) is 6.83. The number of aryl methyl sites for hydroxylation is 1. The zero-order valence-corrected chi connectivity index (χ0v) is 18.2. The van der Waals surface area contributed by atoms with Gasteiger partial charge in [0.2, 0.25) is 5.88 Å². The van der Waals surface area contributed by atoms with Crippen LogP contribution in [0.1, 0.15) is 11.1 Å². The van der Waals surface area contributed by atoms with Gasteiger partial charge in [-0.2, -0.15) is 0 Å². The Balaban J connectivity index is 2.19. The molecule has 0 atom stereocenters. The molecule has 0 unspecified atom stereocenters. The highest BCUT2D eigenvalue weighted by Gasteiger charge is 2.24. The predicted molar refractivity (Wildman–Crippen MR) is 120 cm³/mol. The Labute approximate surface area is 184 Å². The number of aromatic nitrogens is 4. The lowest BCUT2D eigenvalue weighted by Crippen LogP contribution is -2.03. The molecule has 0 saturated heterocycles. The Morgan fingerprint density at radius 1 is 0.933 bits per heavy atom. The van der Waals surface area contributed by atoms with Gasteiger partial charge < -0.3 is 4.74 Å². The highest BCUT2D eigenvalue weighted by Crippen LogP contribution is 2.45. The molecule has 0 spiro atoms. The van der Waals surface area contributed by atoms with E-state index in [-0.39, 0.29) is 0 Å². The smallest absolute Gasteiger partial charge is 0.217 e. The third-order valence-electron chi connectivity index (χ3n) is 4.73. The minimum absolute atomic E-state index is 0.324. The van der Waals surface area contributed by atoms with Crippen molar-refractivity contribution >= 4 is 23.2 Å². The van der Waals surface area contributed by atoms with Crippen LogP contribution < -0.4 is 4.74 Å². The summed E-state index contributed by atoms with van der Waals surface area (Å²) in [5.41, 5.74) is 6.41. The van der Waals surface area contributed by atoms with Crippen LogP contribution in [0, 0.1) is 13.8 Å². The second-order valence-electron chi connectivity index (χ2n) is 6.80. The normalized spacial score (nSPS) is 10.8. The van der Waals surface area contributed by atoms with Crippen molar-refractivity contribution < 1.29 is 4.74 Å². The lowest BCUT2D eigenvalue weighted by molar-refractivity contribution is 0.395. The Hall–Kier alpha value is -3.02. The average molecular weight is 437 g/mol. The molecule has 0 aliphatic rings. The number of hydrogen-bond donors (Lipinski definition) is 0. The molecule has 150 valence electrons. The maximum atomic E-state index is 6.54. The second-order valence-corrected chi connectivity index (χ2v) is 7.60. The number of halogens is 2. The minimum atomic E-state index is 0.324. The van der Waals surface area contributed by atoms with Crippen molar-refractivity contribution in [2.24, 2.45) is 0 Å². The van der Waals surface area contributed by atoms with E-state index in [9.17, 15) is 0 Å². The van der Waals surface area contributed by atoms with Crippen LogP contribution >= 0.6 is 23.2 Å². The molecule has 0 aliphatic heterocycles. The molecule has 5 nitrogen and oxygen atoms in total. The van der Waals surface area contributed by atoms with Gasteiger partial charge in [0.15, 0.2) is 0 Å². The average Bonchev–Trinajstić information content (AvgIpc) is 2.75. The Morgan fingerprint density at radius 3 is 2.47 bits per heavy atom. The minimum Gasteiger partial charge on any atom is -0.481 e. The molecule has 4 aromatic rings. The summed E-state index contributed by atoms with van der Waals surface area (Å²) in [4.78, 5) is 18.0. The topological polar surface area (TPSA) is 60.8 Å². The molecule has 30 heavy (non-hydrogen) atoms. The lowest BCUT2D eigenvalue weighted by atomic mass is 9.91. The van der Waals surface area contributed by atoms with E-state index in [0.29, 0.717) is 27.3 Å². The SMILES string of the molecule is COc1nc(-c2cncc(C)c2)c(-c2cc(Cl)cnc2Cl)c(-c2ccccn2)c1C. The fourth-order valence-electron chi connectivity index (χ4n) is 3.44. The zero-order valence-electron chi connectivity index (χ0n) is 16.6. The van der Waals surface area contributed by atoms with E-state index in [0.717, 1.165) is 33.5 Å². The summed E-state index contributed by atoms with van der Waals surface area (Å²) in [5.74, 6) is 0.502.